The number of hydrogen-bond acceptors (Lipinski definition) is 15. The summed E-state index contributed by atoms with van der Waals surface area (Å²) >= 11 is 0. The Morgan fingerprint density at radius 1 is 0.768 bits per heavy atom. The van der Waals surface area contributed by atoms with Crippen LogP contribution >= 0.6 is 0 Å². The zero-order valence-corrected chi connectivity index (χ0v) is 31.9. The van der Waals surface area contributed by atoms with Crippen LogP contribution in [0.2, 0.25) is 0 Å². The molecule has 0 aromatic heterocycles. The maximum atomic E-state index is 12.9. The van der Waals surface area contributed by atoms with Crippen LogP contribution in [-0.4, -0.2) is 114 Å². The van der Waals surface area contributed by atoms with Gasteiger partial charge in [-0.25, -0.2) is 8.37 Å². The fourth-order valence-corrected chi connectivity index (χ4v) is 7.41. The Morgan fingerprint density at radius 3 is 2.05 bits per heavy atom. The molecule has 4 heterocycles. The number of benzene rings is 2. The molecule has 4 fully saturated rings. The number of rotatable bonds is 16. The van der Waals surface area contributed by atoms with Crippen LogP contribution in [0.4, 0.5) is 13.2 Å². The highest BCUT2D eigenvalue weighted by Crippen LogP contribution is 2.44. The predicted molar refractivity (Wildman–Crippen MR) is 184 cm³/mol. The lowest BCUT2D eigenvalue weighted by Gasteiger charge is -2.45. The minimum absolute atomic E-state index is 0.0371. The van der Waals surface area contributed by atoms with E-state index in [-0.39, 0.29) is 19.8 Å². The third kappa shape index (κ3) is 10.9. The van der Waals surface area contributed by atoms with Crippen molar-refractivity contribution in [3.63, 3.8) is 0 Å². The third-order valence-electron chi connectivity index (χ3n) is 9.11. The van der Waals surface area contributed by atoms with Crippen molar-refractivity contribution in [1.29, 1.82) is 0 Å². The van der Waals surface area contributed by atoms with Gasteiger partial charge in [0.05, 0.1) is 33.5 Å². The largest absolute Gasteiger partial charge is 0.497 e. The number of ether oxygens (including phenoxy) is 10. The monoisotopic (exact) mass is 819 g/mol. The van der Waals surface area contributed by atoms with Crippen molar-refractivity contribution in [3.8, 4) is 5.75 Å². The normalized spacial score (nSPS) is 32.3. The van der Waals surface area contributed by atoms with Crippen molar-refractivity contribution in [1.82, 2.24) is 0 Å². The number of alkyl halides is 3. The van der Waals surface area contributed by atoms with Crippen LogP contribution in [-0.2, 0) is 74.6 Å². The SMILES string of the molecule is COc1ccc(CO[C@H]2[C@H](OCc3ccccc3)[C@@H](N=[N+]=[N-])[C@H](OC[C@H]3O[C@@H]4OC(C)(C)O[C@@H]4[C@H]4OC(C)(C)O[C@H]43)O[C@@H]2COS(=O)(=O)OCC(F)(F)F)cc1. The van der Waals surface area contributed by atoms with E-state index in [4.69, 9.17) is 51.6 Å². The Morgan fingerprint density at radius 2 is 1.39 bits per heavy atom. The molecule has 0 amide bonds. The second-order valence-corrected chi connectivity index (χ2v) is 15.5. The Hall–Kier alpha value is -3.15. The molecule has 6 rings (SSSR count). The van der Waals surface area contributed by atoms with Crippen LogP contribution in [0.3, 0.4) is 0 Å². The van der Waals surface area contributed by atoms with E-state index in [1.165, 1.54) is 7.11 Å². The summed E-state index contributed by atoms with van der Waals surface area (Å²) in [6, 6.07) is 14.5. The number of halogens is 3. The van der Waals surface area contributed by atoms with Crippen molar-refractivity contribution in [2.45, 2.75) is 120 Å². The van der Waals surface area contributed by atoms with Gasteiger partial charge in [0, 0.05) is 4.91 Å². The molecule has 2 aromatic rings. The van der Waals surface area contributed by atoms with E-state index < -0.39 is 103 Å². The average Bonchev–Trinajstić information content (AvgIpc) is 3.65. The van der Waals surface area contributed by atoms with Gasteiger partial charge in [0.2, 0.25) is 0 Å². The smallest absolute Gasteiger partial charge is 0.413 e. The van der Waals surface area contributed by atoms with Gasteiger partial charge in [-0.15, -0.1) is 0 Å². The molecule has 17 nitrogen and oxygen atoms in total. The first-order valence-electron chi connectivity index (χ1n) is 17.6. The molecule has 0 unspecified atom stereocenters. The van der Waals surface area contributed by atoms with E-state index in [1.807, 2.05) is 6.07 Å². The van der Waals surface area contributed by atoms with E-state index in [1.54, 1.807) is 76.2 Å². The van der Waals surface area contributed by atoms with Crippen molar-refractivity contribution in [2.75, 3.05) is 26.9 Å². The van der Waals surface area contributed by atoms with E-state index in [2.05, 4.69) is 14.2 Å². The summed E-state index contributed by atoms with van der Waals surface area (Å²) in [5, 5.41) is 3.97. The zero-order chi connectivity index (χ0) is 40.3. The highest BCUT2D eigenvalue weighted by molar-refractivity contribution is 7.81. The molecular weight excluding hydrogens is 775 g/mol. The van der Waals surface area contributed by atoms with Crippen LogP contribution in [0.1, 0.15) is 38.8 Å². The maximum Gasteiger partial charge on any atom is 0.413 e. The summed E-state index contributed by atoms with van der Waals surface area (Å²) in [7, 11) is -3.70. The van der Waals surface area contributed by atoms with Gasteiger partial charge < -0.3 is 47.4 Å². The summed E-state index contributed by atoms with van der Waals surface area (Å²) in [4.78, 5) is 3.02. The minimum atomic E-state index is -5.20. The van der Waals surface area contributed by atoms with Gasteiger partial charge in [0.15, 0.2) is 30.8 Å². The molecular formula is C35H44F3N3O14S. The molecule has 2 aromatic carbocycles. The number of azide groups is 1. The maximum absolute atomic E-state index is 12.9. The Kier molecular flexibility index (Phi) is 13.2. The van der Waals surface area contributed by atoms with Crippen LogP contribution in [0.15, 0.2) is 59.7 Å². The number of nitrogens with zero attached hydrogens (tertiary/aromatic N) is 3. The molecule has 4 aliphatic rings. The molecule has 0 saturated carbocycles. The number of methoxy groups -OCH3 is 1. The van der Waals surface area contributed by atoms with Crippen molar-refractivity contribution >= 4 is 10.4 Å². The van der Waals surface area contributed by atoms with Gasteiger partial charge in [-0.3, -0.25) is 0 Å². The lowest BCUT2D eigenvalue weighted by atomic mass is 9.96. The first-order chi connectivity index (χ1) is 26.4. The standard InChI is InChI=1S/C35H44F3N3O14S/c1-33(2)52-27-23(51-32-30(29(27)53-33)54-34(3,4)55-32)17-47-31-25(40-41-39)28(46-15-20-9-7-6-8-10-20)26(45-16-21-11-13-22(44-5)14-12-21)24(50-31)18-48-56(42,43)49-19-35(36,37)38/h6-14,23-32H,15-19H2,1-5H3/t23-,24-,25-,26-,27+,28-,29+,30-,31-,32-/m1/s1. The fourth-order valence-electron chi connectivity index (χ4n) is 6.76. The van der Waals surface area contributed by atoms with E-state index in [0.29, 0.717) is 11.3 Å². The molecule has 0 bridgehead atoms. The fraction of sp³-hybridized carbons (Fsp3) is 0.657. The third-order valence-corrected chi connectivity index (χ3v) is 9.94. The second kappa shape index (κ2) is 17.4. The highest BCUT2D eigenvalue weighted by Gasteiger charge is 2.61. The van der Waals surface area contributed by atoms with Crippen molar-refractivity contribution in [3.05, 3.63) is 76.2 Å². The van der Waals surface area contributed by atoms with Crippen LogP contribution in [0.5, 0.6) is 5.75 Å². The minimum Gasteiger partial charge on any atom is -0.497 e. The summed E-state index contributed by atoms with van der Waals surface area (Å²) in [5.74, 6) is -1.44. The Bertz CT molecular complexity index is 1770. The van der Waals surface area contributed by atoms with Crippen LogP contribution < -0.4 is 4.74 Å². The predicted octanol–water partition coefficient (Wildman–Crippen LogP) is 4.82. The van der Waals surface area contributed by atoms with Gasteiger partial charge in [0.25, 0.3) is 0 Å². The lowest BCUT2D eigenvalue weighted by molar-refractivity contribution is -0.300. The Balaban J connectivity index is 1.28. The van der Waals surface area contributed by atoms with Crippen LogP contribution in [0, 0.1) is 0 Å². The number of hydrogen-bond donors (Lipinski definition) is 0. The van der Waals surface area contributed by atoms with Gasteiger partial charge in [-0.1, -0.05) is 47.6 Å². The molecule has 0 spiro atoms. The quantitative estimate of drug-likeness (QED) is 0.127. The first-order valence-corrected chi connectivity index (χ1v) is 19.0. The van der Waals surface area contributed by atoms with Gasteiger partial charge >= 0.3 is 16.6 Å². The van der Waals surface area contributed by atoms with Gasteiger partial charge in [0.1, 0.15) is 54.5 Å². The van der Waals surface area contributed by atoms with E-state index in [9.17, 15) is 27.1 Å². The molecule has 4 saturated heterocycles. The van der Waals surface area contributed by atoms with Gasteiger partial charge in [-0.2, -0.15) is 21.6 Å². The summed E-state index contributed by atoms with van der Waals surface area (Å²) in [6.45, 7) is 3.50. The van der Waals surface area contributed by atoms with Crippen molar-refractivity contribution < 1.29 is 77.3 Å². The molecule has 310 valence electrons. The molecule has 0 N–H and O–H groups in total. The van der Waals surface area contributed by atoms with E-state index >= 15 is 0 Å². The molecule has 10 atom stereocenters. The molecule has 0 aliphatic carbocycles. The molecule has 21 heteroatoms. The van der Waals surface area contributed by atoms with Crippen LogP contribution in [0.25, 0.3) is 10.4 Å². The second-order valence-electron chi connectivity index (χ2n) is 14.2. The summed E-state index contributed by atoms with van der Waals surface area (Å²) < 4.78 is 134. The Labute approximate surface area is 321 Å². The van der Waals surface area contributed by atoms with Gasteiger partial charge in [-0.05, 0) is 56.5 Å². The van der Waals surface area contributed by atoms with E-state index in [0.717, 1.165) is 5.56 Å². The average molecular weight is 820 g/mol. The first kappa shape index (κ1) is 42.5. The molecule has 56 heavy (non-hydrogen) atoms. The molecule has 4 aliphatic heterocycles. The summed E-state index contributed by atoms with van der Waals surface area (Å²) in [6.07, 6.45) is -14.0. The topological polar surface area (TPSA) is 194 Å². The lowest BCUT2D eigenvalue weighted by Crippen LogP contribution is -2.61. The molecule has 0 radical (unpaired) electrons. The summed E-state index contributed by atoms with van der Waals surface area (Å²) in [5.41, 5.74) is 11.1. The van der Waals surface area contributed by atoms with Crippen molar-refractivity contribution in [2.24, 2.45) is 5.11 Å². The zero-order valence-electron chi connectivity index (χ0n) is 31.1. The highest BCUT2D eigenvalue weighted by atomic mass is 32.3. The number of fused-ring (bicyclic) bond motifs is 3.